The molecule has 1 amide bonds. The fourth-order valence-corrected chi connectivity index (χ4v) is 4.22. The van der Waals surface area contributed by atoms with Gasteiger partial charge in [-0.25, -0.2) is 4.98 Å². The molecule has 0 spiro atoms. The number of carbonyl (C=O) groups is 1. The number of aromatic nitrogens is 1. The highest BCUT2D eigenvalue weighted by Crippen LogP contribution is 2.31. The Balaban J connectivity index is 1.89. The van der Waals surface area contributed by atoms with E-state index in [1.165, 1.54) is 17.6 Å². The molecule has 1 aromatic heterocycles. The maximum atomic E-state index is 13.0. The average molecular weight is 440 g/mol. The van der Waals surface area contributed by atoms with Gasteiger partial charge in [-0.05, 0) is 31.3 Å². The monoisotopic (exact) mass is 439 g/mol. The van der Waals surface area contributed by atoms with Gasteiger partial charge in [-0.1, -0.05) is 41.1 Å². The van der Waals surface area contributed by atoms with Gasteiger partial charge in [-0.15, -0.1) is 0 Å². The molecule has 140 valence electrons. The lowest BCUT2D eigenvalue weighted by molar-refractivity contribution is -0.119. The van der Waals surface area contributed by atoms with E-state index < -0.39 is 0 Å². The highest BCUT2D eigenvalue weighted by atomic mass is 79.9. The molecule has 2 aromatic rings. The van der Waals surface area contributed by atoms with E-state index in [9.17, 15) is 4.79 Å². The van der Waals surface area contributed by atoms with Crippen LogP contribution in [0.15, 0.2) is 34.7 Å². The first kappa shape index (κ1) is 19.1. The Kier molecular flexibility index (Phi) is 6.50. The molecule has 1 aromatic carbocycles. The van der Waals surface area contributed by atoms with E-state index >= 15 is 0 Å². The van der Waals surface area contributed by atoms with Crippen molar-refractivity contribution in [2.75, 3.05) is 44.3 Å². The van der Waals surface area contributed by atoms with Crippen LogP contribution in [0.5, 0.6) is 0 Å². The molecular weight excluding hydrogens is 418 g/mol. The molecule has 3 rings (SSSR count). The smallest absolute Gasteiger partial charge is 0.298 e. The molecule has 0 saturated carbocycles. The van der Waals surface area contributed by atoms with Gasteiger partial charge < -0.3 is 14.4 Å². The Morgan fingerprint density at radius 3 is 2.77 bits per heavy atom. The third-order valence-electron chi connectivity index (χ3n) is 4.21. The van der Waals surface area contributed by atoms with Crippen LogP contribution >= 0.6 is 27.3 Å². The molecule has 8 heteroatoms. The van der Waals surface area contributed by atoms with Gasteiger partial charge >= 0.3 is 0 Å². The number of amides is 1. The quantitative estimate of drug-likeness (QED) is 0.659. The summed E-state index contributed by atoms with van der Waals surface area (Å²) in [6.07, 6.45) is 1.40. The van der Waals surface area contributed by atoms with Crippen molar-refractivity contribution in [2.24, 2.45) is 0 Å². The fraction of sp³-hybridized carbons (Fsp3) is 0.444. The van der Waals surface area contributed by atoms with Crippen LogP contribution in [0.1, 0.15) is 13.8 Å². The molecule has 0 fully saturated rings. The van der Waals surface area contributed by atoms with Crippen molar-refractivity contribution in [1.29, 1.82) is 0 Å². The predicted molar refractivity (Wildman–Crippen MR) is 107 cm³/mol. The van der Waals surface area contributed by atoms with Gasteiger partial charge in [-0.3, -0.25) is 9.69 Å². The van der Waals surface area contributed by atoms with E-state index in [0.29, 0.717) is 24.9 Å². The number of benzene rings is 1. The van der Waals surface area contributed by atoms with E-state index in [1.807, 2.05) is 18.2 Å². The number of ether oxygens (including phenoxy) is 2. The van der Waals surface area contributed by atoms with Crippen LogP contribution in [0, 0.1) is 0 Å². The van der Waals surface area contributed by atoms with E-state index in [2.05, 4.69) is 39.7 Å². The zero-order chi connectivity index (χ0) is 18.5. The van der Waals surface area contributed by atoms with Crippen molar-refractivity contribution >= 4 is 48.5 Å². The second kappa shape index (κ2) is 8.83. The lowest BCUT2D eigenvalue weighted by Gasteiger charge is -2.26. The molecule has 0 bridgehead atoms. The standard InChI is InChI=1S/C18H22BrN3O3S/c1-3-21(4-2)7-8-22(17(23)15-12-24-9-10-25-15)18-20-14-6-5-13(19)11-16(14)26-18/h5-6,11-12H,3-4,7-10H2,1-2H3. The molecule has 1 aliphatic rings. The van der Waals surface area contributed by atoms with Crippen LogP contribution < -0.4 is 4.90 Å². The Bertz CT molecular complexity index is 804. The molecule has 0 radical (unpaired) electrons. The Labute approximate surface area is 165 Å². The number of likely N-dealkylation sites (N-methyl/N-ethyl adjacent to an activating group) is 1. The van der Waals surface area contributed by atoms with Crippen LogP contribution in [0.3, 0.4) is 0 Å². The number of thiazole rings is 1. The lowest BCUT2D eigenvalue weighted by Crippen LogP contribution is -2.40. The summed E-state index contributed by atoms with van der Waals surface area (Å²) in [5, 5.41) is 0.672. The van der Waals surface area contributed by atoms with E-state index in [1.54, 1.807) is 4.90 Å². The summed E-state index contributed by atoms with van der Waals surface area (Å²) in [5.74, 6) is 0.0196. The maximum absolute atomic E-state index is 13.0. The van der Waals surface area contributed by atoms with Crippen molar-refractivity contribution in [3.63, 3.8) is 0 Å². The molecule has 6 nitrogen and oxygen atoms in total. The Morgan fingerprint density at radius 2 is 2.08 bits per heavy atom. The summed E-state index contributed by atoms with van der Waals surface area (Å²) in [7, 11) is 0. The van der Waals surface area contributed by atoms with Gasteiger partial charge in [0.2, 0.25) is 5.76 Å². The van der Waals surface area contributed by atoms with Gasteiger partial charge in [-0.2, -0.15) is 0 Å². The van der Waals surface area contributed by atoms with Crippen molar-refractivity contribution in [1.82, 2.24) is 9.88 Å². The van der Waals surface area contributed by atoms with Crippen molar-refractivity contribution in [3.05, 3.63) is 34.7 Å². The predicted octanol–water partition coefficient (Wildman–Crippen LogP) is 3.62. The summed E-state index contributed by atoms with van der Waals surface area (Å²) >= 11 is 4.99. The first-order valence-electron chi connectivity index (χ1n) is 8.67. The minimum Gasteiger partial charge on any atom is -0.494 e. The van der Waals surface area contributed by atoms with Gasteiger partial charge in [0.25, 0.3) is 5.91 Å². The summed E-state index contributed by atoms with van der Waals surface area (Å²) in [6.45, 7) is 8.27. The van der Waals surface area contributed by atoms with Crippen molar-refractivity contribution in [2.45, 2.75) is 13.8 Å². The normalized spacial score (nSPS) is 14.1. The number of halogens is 1. The van der Waals surface area contributed by atoms with Crippen LogP contribution in [-0.4, -0.2) is 55.2 Å². The number of rotatable bonds is 7. The first-order chi connectivity index (χ1) is 12.6. The number of nitrogens with zero attached hydrogens (tertiary/aromatic N) is 3. The van der Waals surface area contributed by atoms with E-state index in [-0.39, 0.29) is 11.7 Å². The number of fused-ring (bicyclic) bond motifs is 1. The fourth-order valence-electron chi connectivity index (χ4n) is 2.68. The third-order valence-corrected chi connectivity index (χ3v) is 5.74. The molecule has 26 heavy (non-hydrogen) atoms. The molecule has 0 aliphatic carbocycles. The summed E-state index contributed by atoms with van der Waals surface area (Å²) in [4.78, 5) is 21.7. The SMILES string of the molecule is CCN(CC)CCN(C(=O)C1=COCCO1)c1nc2ccc(Br)cc2s1. The zero-order valence-electron chi connectivity index (χ0n) is 14.9. The van der Waals surface area contributed by atoms with Crippen LogP contribution in [0.4, 0.5) is 5.13 Å². The number of carbonyl (C=O) groups excluding carboxylic acids is 1. The number of hydrogen-bond donors (Lipinski definition) is 0. The minimum absolute atomic E-state index is 0.213. The molecule has 1 aliphatic heterocycles. The lowest BCUT2D eigenvalue weighted by atomic mass is 10.3. The number of anilines is 1. The Morgan fingerprint density at radius 1 is 1.27 bits per heavy atom. The third kappa shape index (κ3) is 4.36. The molecular formula is C18H22BrN3O3S. The van der Waals surface area contributed by atoms with Gasteiger partial charge in [0.05, 0.1) is 10.2 Å². The van der Waals surface area contributed by atoms with Gasteiger partial charge in [0.1, 0.15) is 19.5 Å². The maximum Gasteiger partial charge on any atom is 0.298 e. The van der Waals surface area contributed by atoms with Gasteiger partial charge in [0.15, 0.2) is 5.13 Å². The average Bonchev–Trinajstić information content (AvgIpc) is 3.08. The summed E-state index contributed by atoms with van der Waals surface area (Å²) < 4.78 is 12.8. The first-order valence-corrected chi connectivity index (χ1v) is 10.3. The van der Waals surface area contributed by atoms with E-state index in [0.717, 1.165) is 34.3 Å². The van der Waals surface area contributed by atoms with Crippen LogP contribution in [0.25, 0.3) is 10.2 Å². The molecule has 2 heterocycles. The summed E-state index contributed by atoms with van der Waals surface area (Å²) in [6, 6.07) is 5.92. The number of hydrogen-bond acceptors (Lipinski definition) is 6. The Hall–Kier alpha value is -1.64. The topological polar surface area (TPSA) is 54.9 Å². The molecule has 0 saturated heterocycles. The van der Waals surface area contributed by atoms with Crippen LogP contribution in [-0.2, 0) is 14.3 Å². The summed E-state index contributed by atoms with van der Waals surface area (Å²) in [5.41, 5.74) is 0.878. The van der Waals surface area contributed by atoms with Gasteiger partial charge in [0, 0.05) is 17.6 Å². The zero-order valence-corrected chi connectivity index (χ0v) is 17.3. The minimum atomic E-state index is -0.213. The van der Waals surface area contributed by atoms with Crippen molar-refractivity contribution < 1.29 is 14.3 Å². The van der Waals surface area contributed by atoms with Crippen molar-refractivity contribution in [3.8, 4) is 0 Å². The highest BCUT2D eigenvalue weighted by Gasteiger charge is 2.26. The second-order valence-electron chi connectivity index (χ2n) is 5.79. The molecule has 0 atom stereocenters. The largest absolute Gasteiger partial charge is 0.494 e. The van der Waals surface area contributed by atoms with E-state index in [4.69, 9.17) is 9.47 Å². The van der Waals surface area contributed by atoms with Crippen LogP contribution in [0.2, 0.25) is 0 Å². The second-order valence-corrected chi connectivity index (χ2v) is 7.72. The molecule has 0 N–H and O–H groups in total. The highest BCUT2D eigenvalue weighted by molar-refractivity contribution is 9.10. The molecule has 0 unspecified atom stereocenters.